The normalized spacial score (nSPS) is 10.5. The van der Waals surface area contributed by atoms with E-state index in [1.165, 1.54) is 6.07 Å². The van der Waals surface area contributed by atoms with Crippen molar-refractivity contribution >= 4 is 11.5 Å². The van der Waals surface area contributed by atoms with Crippen LogP contribution in [0, 0.1) is 24.0 Å². The van der Waals surface area contributed by atoms with Crippen molar-refractivity contribution in [1.29, 1.82) is 0 Å². The maximum atomic E-state index is 10.8. The molecule has 1 aromatic heterocycles. The number of hydrogen-bond donors (Lipinski definition) is 1. The number of aromatic nitrogens is 1. The third-order valence-corrected chi connectivity index (χ3v) is 2.63. The van der Waals surface area contributed by atoms with Gasteiger partial charge in [0, 0.05) is 22.8 Å². The van der Waals surface area contributed by atoms with E-state index in [-0.39, 0.29) is 5.69 Å². The summed E-state index contributed by atoms with van der Waals surface area (Å²) in [6.45, 7) is 3.44. The molecule has 2 rings (SSSR count). The van der Waals surface area contributed by atoms with Gasteiger partial charge in [0.15, 0.2) is 11.6 Å². The van der Waals surface area contributed by atoms with Crippen LogP contribution in [0.3, 0.4) is 0 Å². The van der Waals surface area contributed by atoms with Gasteiger partial charge in [-0.3, -0.25) is 10.1 Å². The average molecular weight is 233 g/mol. The molecule has 0 aliphatic heterocycles. The number of nitrogens with zero attached hydrogens (tertiary/aromatic N) is 2. The Morgan fingerprint density at radius 3 is 2.65 bits per heavy atom. The topological polar surface area (TPSA) is 95.2 Å². The molecule has 6 nitrogen and oxygen atoms in total. The Balaban J connectivity index is 2.58. The molecule has 0 bridgehead atoms. The summed E-state index contributed by atoms with van der Waals surface area (Å²) in [5.41, 5.74) is 7.50. The first-order valence-corrected chi connectivity index (χ1v) is 4.98. The van der Waals surface area contributed by atoms with E-state index in [4.69, 9.17) is 10.3 Å². The van der Waals surface area contributed by atoms with Crippen LogP contribution in [0.1, 0.15) is 11.1 Å². The lowest BCUT2D eigenvalue weighted by Gasteiger charge is -2.00. The van der Waals surface area contributed by atoms with Crippen LogP contribution in [-0.4, -0.2) is 10.1 Å². The van der Waals surface area contributed by atoms with E-state index in [2.05, 4.69) is 5.16 Å². The summed E-state index contributed by atoms with van der Waals surface area (Å²) in [6, 6.07) is 4.88. The summed E-state index contributed by atoms with van der Waals surface area (Å²) in [6.07, 6.45) is 0. The van der Waals surface area contributed by atoms with E-state index in [1.54, 1.807) is 26.0 Å². The minimum absolute atomic E-state index is 0.0527. The highest BCUT2D eigenvalue weighted by molar-refractivity contribution is 5.68. The van der Waals surface area contributed by atoms with Crippen molar-refractivity contribution in [3.8, 4) is 11.3 Å². The average Bonchev–Trinajstić information content (AvgIpc) is 2.60. The summed E-state index contributed by atoms with van der Waals surface area (Å²) < 4.78 is 5.06. The first kappa shape index (κ1) is 11.1. The number of anilines is 1. The minimum Gasteiger partial charge on any atom is -0.381 e. The molecule has 0 aliphatic rings. The molecule has 0 spiro atoms. The Hall–Kier alpha value is -2.37. The Morgan fingerprint density at radius 1 is 1.41 bits per heavy atom. The molecule has 0 saturated heterocycles. The van der Waals surface area contributed by atoms with Crippen LogP contribution in [-0.2, 0) is 0 Å². The van der Waals surface area contributed by atoms with Crippen LogP contribution in [0.4, 0.5) is 11.5 Å². The number of hydrogen-bond acceptors (Lipinski definition) is 5. The first-order chi connectivity index (χ1) is 8.00. The molecular weight excluding hydrogens is 222 g/mol. The van der Waals surface area contributed by atoms with Gasteiger partial charge >= 0.3 is 0 Å². The van der Waals surface area contributed by atoms with Crippen molar-refractivity contribution in [3.05, 3.63) is 39.4 Å². The number of rotatable bonds is 2. The fourth-order valence-electron chi connectivity index (χ4n) is 1.56. The van der Waals surface area contributed by atoms with Crippen LogP contribution in [0.25, 0.3) is 11.3 Å². The van der Waals surface area contributed by atoms with Crippen LogP contribution >= 0.6 is 0 Å². The zero-order valence-corrected chi connectivity index (χ0v) is 9.43. The third kappa shape index (κ3) is 1.84. The molecule has 0 aliphatic carbocycles. The van der Waals surface area contributed by atoms with Gasteiger partial charge < -0.3 is 10.3 Å². The number of nitro benzene ring substituents is 1. The molecule has 0 saturated carbocycles. The number of nitro groups is 1. The summed E-state index contributed by atoms with van der Waals surface area (Å²) in [4.78, 5) is 10.4. The first-order valence-electron chi connectivity index (χ1n) is 4.98. The number of nitrogens with two attached hydrogens (primary N) is 1. The summed E-state index contributed by atoms with van der Waals surface area (Å²) in [5.74, 6) is 0.758. The van der Waals surface area contributed by atoms with Gasteiger partial charge in [0.05, 0.1) is 4.92 Å². The lowest BCUT2D eigenvalue weighted by molar-refractivity contribution is -0.385. The Labute approximate surface area is 97.2 Å². The largest absolute Gasteiger partial charge is 0.381 e. The van der Waals surface area contributed by atoms with Crippen molar-refractivity contribution < 1.29 is 9.45 Å². The van der Waals surface area contributed by atoms with E-state index in [0.29, 0.717) is 28.3 Å². The fraction of sp³-hybridized carbons (Fsp3) is 0.182. The molecule has 17 heavy (non-hydrogen) atoms. The summed E-state index contributed by atoms with van der Waals surface area (Å²) >= 11 is 0. The molecule has 6 heteroatoms. The Morgan fingerprint density at radius 2 is 2.12 bits per heavy atom. The molecule has 0 amide bonds. The second-order valence-corrected chi connectivity index (χ2v) is 3.78. The highest BCUT2D eigenvalue weighted by atomic mass is 16.6. The van der Waals surface area contributed by atoms with Crippen molar-refractivity contribution in [3.63, 3.8) is 0 Å². The molecular formula is C11H11N3O3. The zero-order valence-electron chi connectivity index (χ0n) is 9.43. The maximum absolute atomic E-state index is 10.8. The van der Waals surface area contributed by atoms with Crippen LogP contribution in [0.5, 0.6) is 0 Å². The van der Waals surface area contributed by atoms with Crippen LogP contribution in [0.15, 0.2) is 22.7 Å². The maximum Gasteiger partial charge on any atom is 0.273 e. The highest BCUT2D eigenvalue weighted by Crippen LogP contribution is 2.30. The van der Waals surface area contributed by atoms with Gasteiger partial charge in [0.25, 0.3) is 5.69 Å². The van der Waals surface area contributed by atoms with Crippen molar-refractivity contribution in [2.24, 2.45) is 0 Å². The zero-order chi connectivity index (χ0) is 12.6. The van der Waals surface area contributed by atoms with E-state index < -0.39 is 4.92 Å². The SMILES string of the molecule is Cc1ccc(-c2onc(N)c2C)cc1[N+](=O)[O-]. The van der Waals surface area contributed by atoms with Crippen molar-refractivity contribution in [2.45, 2.75) is 13.8 Å². The van der Waals surface area contributed by atoms with Gasteiger partial charge in [-0.25, -0.2) is 0 Å². The lowest BCUT2D eigenvalue weighted by Crippen LogP contribution is -1.92. The molecule has 0 fully saturated rings. The minimum atomic E-state index is -0.423. The van der Waals surface area contributed by atoms with Crippen LogP contribution < -0.4 is 5.73 Å². The van der Waals surface area contributed by atoms with E-state index in [9.17, 15) is 10.1 Å². The molecule has 0 atom stereocenters. The van der Waals surface area contributed by atoms with Gasteiger partial charge in [0.2, 0.25) is 0 Å². The predicted molar refractivity (Wildman–Crippen MR) is 62.5 cm³/mol. The predicted octanol–water partition coefficient (Wildman–Crippen LogP) is 2.45. The Kier molecular flexibility index (Phi) is 2.55. The number of benzene rings is 1. The van der Waals surface area contributed by atoms with E-state index >= 15 is 0 Å². The van der Waals surface area contributed by atoms with Gasteiger partial charge in [-0.1, -0.05) is 17.3 Å². The fourth-order valence-corrected chi connectivity index (χ4v) is 1.56. The smallest absolute Gasteiger partial charge is 0.273 e. The van der Waals surface area contributed by atoms with E-state index in [0.717, 1.165) is 0 Å². The number of aryl methyl sites for hydroxylation is 1. The van der Waals surface area contributed by atoms with Crippen molar-refractivity contribution in [2.75, 3.05) is 5.73 Å². The molecule has 0 radical (unpaired) electrons. The monoisotopic (exact) mass is 233 g/mol. The third-order valence-electron chi connectivity index (χ3n) is 2.63. The van der Waals surface area contributed by atoms with E-state index in [1.807, 2.05) is 0 Å². The summed E-state index contributed by atoms with van der Waals surface area (Å²) in [5, 5.41) is 14.5. The van der Waals surface area contributed by atoms with Gasteiger partial charge in [-0.05, 0) is 13.8 Å². The number of nitrogen functional groups attached to an aromatic ring is 1. The van der Waals surface area contributed by atoms with Gasteiger partial charge in [-0.2, -0.15) is 0 Å². The molecule has 88 valence electrons. The molecule has 2 N–H and O–H groups in total. The second kappa shape index (κ2) is 3.89. The molecule has 2 aromatic rings. The quantitative estimate of drug-likeness (QED) is 0.634. The molecule has 1 heterocycles. The van der Waals surface area contributed by atoms with Gasteiger partial charge in [0.1, 0.15) is 0 Å². The highest BCUT2D eigenvalue weighted by Gasteiger charge is 2.16. The Bertz CT molecular complexity index is 590. The van der Waals surface area contributed by atoms with Crippen LogP contribution in [0.2, 0.25) is 0 Å². The standard InChI is InChI=1S/C11H11N3O3/c1-6-3-4-8(5-9(6)14(15)16)10-7(2)11(12)13-17-10/h3-5H,1-2H3,(H2,12,13). The van der Waals surface area contributed by atoms with Crippen molar-refractivity contribution in [1.82, 2.24) is 5.16 Å². The molecule has 1 aromatic carbocycles. The van der Waals surface area contributed by atoms with Gasteiger partial charge in [-0.15, -0.1) is 0 Å². The lowest BCUT2D eigenvalue weighted by atomic mass is 10.1. The second-order valence-electron chi connectivity index (χ2n) is 3.78. The summed E-state index contributed by atoms with van der Waals surface area (Å²) in [7, 11) is 0. The molecule has 0 unspecified atom stereocenters.